The van der Waals surface area contributed by atoms with Crippen LogP contribution in [0, 0.1) is 0 Å². The number of hydrogen-bond acceptors (Lipinski definition) is 2. The van der Waals surface area contributed by atoms with E-state index in [2.05, 4.69) is 28.3 Å². The summed E-state index contributed by atoms with van der Waals surface area (Å²) >= 11 is 0. The quantitative estimate of drug-likeness (QED) is 0.423. The normalized spacial score (nSPS) is 24.0. The zero-order chi connectivity index (χ0) is 12.3. The average Bonchev–Trinajstić information content (AvgIpc) is 3.20. The zero-order valence-corrected chi connectivity index (χ0v) is 11.0. The van der Waals surface area contributed by atoms with Gasteiger partial charge in [-0.25, -0.2) is 4.99 Å². The molecule has 0 atom stereocenters. The standard InChI is InChI=1S/C14H23N3/c1-4-12(2)11-15-13(3)16-7-9-17(10-8-16)14-5-6-14/h4,11,14H,1,5-10H2,2-3H3/b12-11-,15-13?. The molecule has 2 rings (SSSR count). The molecule has 0 radical (unpaired) electrons. The van der Waals surface area contributed by atoms with Crippen molar-refractivity contribution in [1.82, 2.24) is 9.80 Å². The van der Waals surface area contributed by atoms with E-state index >= 15 is 0 Å². The van der Waals surface area contributed by atoms with Crippen LogP contribution in [0.2, 0.25) is 0 Å². The first kappa shape index (κ1) is 12.4. The lowest BCUT2D eigenvalue weighted by molar-refractivity contribution is 0.174. The molecule has 0 N–H and O–H groups in total. The molecule has 0 aromatic rings. The summed E-state index contributed by atoms with van der Waals surface area (Å²) < 4.78 is 0. The third kappa shape index (κ3) is 3.43. The molecule has 1 heterocycles. The predicted octanol–water partition coefficient (Wildman–Crippen LogP) is 2.27. The first-order valence-corrected chi connectivity index (χ1v) is 6.53. The summed E-state index contributed by atoms with van der Waals surface area (Å²) in [6, 6.07) is 0.900. The molecule has 0 bridgehead atoms. The molecule has 1 saturated carbocycles. The van der Waals surface area contributed by atoms with E-state index in [1.165, 1.54) is 25.9 Å². The fourth-order valence-corrected chi connectivity index (χ4v) is 2.18. The molecule has 0 spiro atoms. The highest BCUT2D eigenvalue weighted by molar-refractivity contribution is 5.80. The van der Waals surface area contributed by atoms with Crippen molar-refractivity contribution >= 4 is 5.84 Å². The molecule has 1 aliphatic heterocycles. The third-order valence-corrected chi connectivity index (χ3v) is 3.61. The number of piperazine rings is 1. The van der Waals surface area contributed by atoms with Gasteiger partial charge in [0.2, 0.25) is 0 Å². The Morgan fingerprint density at radius 3 is 2.35 bits per heavy atom. The van der Waals surface area contributed by atoms with Crippen LogP contribution in [0.4, 0.5) is 0 Å². The molecule has 2 fully saturated rings. The molecule has 1 aliphatic carbocycles. The lowest BCUT2D eigenvalue weighted by Gasteiger charge is -2.35. The molecule has 94 valence electrons. The molecule has 0 unspecified atom stereocenters. The van der Waals surface area contributed by atoms with Gasteiger partial charge in [0.15, 0.2) is 0 Å². The zero-order valence-electron chi connectivity index (χ0n) is 11.0. The van der Waals surface area contributed by atoms with Crippen LogP contribution in [0.25, 0.3) is 0 Å². The summed E-state index contributed by atoms with van der Waals surface area (Å²) in [6.45, 7) is 12.5. The maximum Gasteiger partial charge on any atom is 0.101 e. The maximum absolute atomic E-state index is 4.49. The van der Waals surface area contributed by atoms with E-state index in [9.17, 15) is 0 Å². The summed E-state index contributed by atoms with van der Waals surface area (Å²) in [5, 5.41) is 0. The smallest absolute Gasteiger partial charge is 0.101 e. The lowest BCUT2D eigenvalue weighted by Crippen LogP contribution is -2.48. The molecule has 3 nitrogen and oxygen atoms in total. The Hall–Kier alpha value is -1.09. The Kier molecular flexibility index (Phi) is 4.00. The molecule has 1 saturated heterocycles. The Morgan fingerprint density at radius 2 is 1.82 bits per heavy atom. The second-order valence-electron chi connectivity index (χ2n) is 5.01. The van der Waals surface area contributed by atoms with Crippen LogP contribution < -0.4 is 0 Å². The second-order valence-corrected chi connectivity index (χ2v) is 5.01. The van der Waals surface area contributed by atoms with Crippen molar-refractivity contribution in [3.63, 3.8) is 0 Å². The van der Waals surface area contributed by atoms with Gasteiger partial charge >= 0.3 is 0 Å². The van der Waals surface area contributed by atoms with Crippen LogP contribution in [0.1, 0.15) is 26.7 Å². The molecule has 3 heteroatoms. The highest BCUT2D eigenvalue weighted by Gasteiger charge is 2.31. The minimum Gasteiger partial charge on any atom is -0.358 e. The van der Waals surface area contributed by atoms with Crippen LogP contribution in [-0.4, -0.2) is 47.9 Å². The van der Waals surface area contributed by atoms with Crippen molar-refractivity contribution in [3.05, 3.63) is 24.4 Å². The fraction of sp³-hybridized carbons (Fsp3) is 0.643. The summed E-state index contributed by atoms with van der Waals surface area (Å²) in [5.74, 6) is 1.13. The largest absolute Gasteiger partial charge is 0.358 e. The van der Waals surface area contributed by atoms with Gasteiger partial charge in [0.05, 0.1) is 0 Å². The number of hydrogen-bond donors (Lipinski definition) is 0. The van der Waals surface area contributed by atoms with E-state index in [0.717, 1.165) is 30.5 Å². The summed E-state index contributed by atoms with van der Waals surface area (Å²) in [4.78, 5) is 9.50. The Balaban J connectivity index is 1.84. The Morgan fingerprint density at radius 1 is 1.18 bits per heavy atom. The maximum atomic E-state index is 4.49. The van der Waals surface area contributed by atoms with Gasteiger partial charge in [0.25, 0.3) is 0 Å². The fourth-order valence-electron chi connectivity index (χ4n) is 2.18. The van der Waals surface area contributed by atoms with Crippen LogP contribution in [0.5, 0.6) is 0 Å². The van der Waals surface area contributed by atoms with Gasteiger partial charge in [-0.05, 0) is 32.3 Å². The van der Waals surface area contributed by atoms with Gasteiger partial charge < -0.3 is 4.90 Å². The molecule has 0 amide bonds. The van der Waals surface area contributed by atoms with Crippen molar-refractivity contribution in [2.75, 3.05) is 26.2 Å². The highest BCUT2D eigenvalue weighted by Crippen LogP contribution is 2.27. The number of rotatable bonds is 3. The number of allylic oxidation sites excluding steroid dienone is 2. The topological polar surface area (TPSA) is 18.8 Å². The molecule has 0 aromatic heterocycles. The number of aliphatic imine (C=N–C) groups is 1. The number of nitrogens with zero attached hydrogens (tertiary/aromatic N) is 3. The van der Waals surface area contributed by atoms with E-state index in [1.807, 2.05) is 19.2 Å². The first-order chi connectivity index (χ1) is 8.20. The summed E-state index contributed by atoms with van der Waals surface area (Å²) in [7, 11) is 0. The van der Waals surface area contributed by atoms with E-state index < -0.39 is 0 Å². The van der Waals surface area contributed by atoms with Crippen molar-refractivity contribution in [2.24, 2.45) is 4.99 Å². The van der Waals surface area contributed by atoms with Gasteiger partial charge in [-0.3, -0.25) is 4.90 Å². The second kappa shape index (κ2) is 5.50. The molecule has 2 aliphatic rings. The lowest BCUT2D eigenvalue weighted by atomic mass is 10.3. The van der Waals surface area contributed by atoms with Gasteiger partial charge in [-0.2, -0.15) is 0 Å². The van der Waals surface area contributed by atoms with E-state index in [-0.39, 0.29) is 0 Å². The van der Waals surface area contributed by atoms with Gasteiger partial charge in [-0.1, -0.05) is 12.7 Å². The summed E-state index contributed by atoms with van der Waals surface area (Å²) in [5.41, 5.74) is 1.11. The van der Waals surface area contributed by atoms with E-state index in [4.69, 9.17) is 0 Å². The van der Waals surface area contributed by atoms with Crippen LogP contribution >= 0.6 is 0 Å². The average molecular weight is 233 g/mol. The van der Waals surface area contributed by atoms with Gasteiger partial charge in [0.1, 0.15) is 5.84 Å². The van der Waals surface area contributed by atoms with Gasteiger partial charge in [-0.15, -0.1) is 0 Å². The number of amidine groups is 1. The highest BCUT2D eigenvalue weighted by atomic mass is 15.3. The Bertz CT molecular complexity index is 331. The van der Waals surface area contributed by atoms with Crippen LogP contribution in [0.3, 0.4) is 0 Å². The van der Waals surface area contributed by atoms with Crippen molar-refractivity contribution in [1.29, 1.82) is 0 Å². The molecule has 0 aromatic carbocycles. The Labute approximate surface area is 105 Å². The third-order valence-electron chi connectivity index (χ3n) is 3.61. The van der Waals surface area contributed by atoms with Crippen molar-refractivity contribution in [3.8, 4) is 0 Å². The minimum absolute atomic E-state index is 0.900. The summed E-state index contributed by atoms with van der Waals surface area (Å²) in [6.07, 6.45) is 6.56. The van der Waals surface area contributed by atoms with E-state index in [0.29, 0.717) is 0 Å². The molecular formula is C14H23N3. The molecule has 17 heavy (non-hydrogen) atoms. The van der Waals surface area contributed by atoms with Crippen LogP contribution in [0.15, 0.2) is 29.4 Å². The monoisotopic (exact) mass is 233 g/mol. The molecular weight excluding hydrogens is 210 g/mol. The van der Waals surface area contributed by atoms with Crippen molar-refractivity contribution < 1.29 is 0 Å². The SMILES string of the molecule is C=C/C(C)=C\N=C(C)N1CCN(C2CC2)CC1. The minimum atomic E-state index is 0.900. The first-order valence-electron chi connectivity index (χ1n) is 6.53. The van der Waals surface area contributed by atoms with Gasteiger partial charge in [0, 0.05) is 38.4 Å². The van der Waals surface area contributed by atoms with Crippen molar-refractivity contribution in [2.45, 2.75) is 32.7 Å². The predicted molar refractivity (Wildman–Crippen MR) is 73.2 cm³/mol. The van der Waals surface area contributed by atoms with E-state index in [1.54, 1.807) is 0 Å². The van der Waals surface area contributed by atoms with Crippen LogP contribution in [-0.2, 0) is 0 Å².